The molecule has 0 amide bonds. The zero-order chi connectivity index (χ0) is 12.9. The standard InChI is InChI=1S/C13H16O4.Li.Na/c1-2-3-9-13(11(14)15,12(16)17)10-7-5-4-6-8-10;;/h4-8H,2-3,9H2,1H3,(H,14,15)(H,16,17);;/q;2*+1/p-2. The Hall–Kier alpha value is -0.243. The fraction of sp³-hybridized carbons (Fsp3) is 0.385. The number of aliphatic carboxylic acids is 2. The van der Waals surface area contributed by atoms with Crippen molar-refractivity contribution in [3.8, 4) is 0 Å². The van der Waals surface area contributed by atoms with Gasteiger partial charge in [0.1, 0.15) is 0 Å². The molecule has 0 bridgehead atoms. The number of unbranched alkanes of at least 4 members (excludes halogenated alkanes) is 1. The molecule has 0 saturated carbocycles. The minimum Gasteiger partial charge on any atom is -0.549 e. The first-order valence-electron chi connectivity index (χ1n) is 5.54. The zero-order valence-corrected chi connectivity index (χ0v) is 13.6. The summed E-state index contributed by atoms with van der Waals surface area (Å²) >= 11 is 0. The maximum Gasteiger partial charge on any atom is 1.00 e. The van der Waals surface area contributed by atoms with E-state index in [-0.39, 0.29) is 60.4 Å². The Morgan fingerprint density at radius 3 is 1.95 bits per heavy atom. The van der Waals surface area contributed by atoms with E-state index in [2.05, 4.69) is 0 Å². The maximum absolute atomic E-state index is 11.2. The molecule has 0 unspecified atom stereocenters. The van der Waals surface area contributed by atoms with Gasteiger partial charge in [0.15, 0.2) is 0 Å². The number of carbonyl (C=O) groups excluding carboxylic acids is 2. The van der Waals surface area contributed by atoms with Gasteiger partial charge in [-0.3, -0.25) is 0 Å². The number of benzene rings is 1. The van der Waals surface area contributed by atoms with Gasteiger partial charge in [0.25, 0.3) is 0 Å². The second kappa shape index (κ2) is 9.63. The van der Waals surface area contributed by atoms with Crippen molar-refractivity contribution in [2.75, 3.05) is 0 Å². The molecule has 0 aliphatic carbocycles. The molecular weight excluding hydrogens is 250 g/mol. The van der Waals surface area contributed by atoms with Crippen LogP contribution in [0.3, 0.4) is 0 Å². The first-order valence-corrected chi connectivity index (χ1v) is 5.54. The third-order valence-corrected chi connectivity index (χ3v) is 2.87. The largest absolute Gasteiger partial charge is 1.00 e. The van der Waals surface area contributed by atoms with Crippen molar-refractivity contribution in [3.63, 3.8) is 0 Å². The first-order chi connectivity index (χ1) is 8.05. The van der Waals surface area contributed by atoms with E-state index in [0.717, 1.165) is 0 Å². The fourth-order valence-corrected chi connectivity index (χ4v) is 1.83. The molecule has 1 aromatic rings. The average Bonchev–Trinajstić information content (AvgIpc) is 2.30. The van der Waals surface area contributed by atoms with E-state index in [0.29, 0.717) is 12.8 Å². The van der Waals surface area contributed by atoms with Gasteiger partial charge >= 0.3 is 48.4 Å². The Kier molecular flexibility index (Phi) is 10.7. The molecule has 0 saturated heterocycles. The van der Waals surface area contributed by atoms with Gasteiger partial charge in [0.05, 0.1) is 17.4 Å². The number of rotatable bonds is 6. The summed E-state index contributed by atoms with van der Waals surface area (Å²) in [5, 5.41) is 22.5. The van der Waals surface area contributed by atoms with Crippen molar-refractivity contribution < 1.29 is 68.2 Å². The Morgan fingerprint density at radius 1 is 1.11 bits per heavy atom. The monoisotopic (exact) mass is 264 g/mol. The van der Waals surface area contributed by atoms with Crippen LogP contribution in [0.15, 0.2) is 30.3 Å². The number of carboxylic acids is 2. The molecule has 0 heterocycles. The summed E-state index contributed by atoms with van der Waals surface area (Å²) in [6.45, 7) is 1.86. The van der Waals surface area contributed by atoms with Crippen LogP contribution in [0.4, 0.5) is 0 Å². The molecule has 6 heteroatoms. The molecule has 0 fully saturated rings. The Labute approximate surface area is 147 Å². The van der Waals surface area contributed by atoms with Crippen LogP contribution >= 0.6 is 0 Å². The Balaban J connectivity index is 0. The van der Waals surface area contributed by atoms with Gasteiger partial charge in [-0.05, 0) is 12.0 Å². The van der Waals surface area contributed by atoms with Crippen LogP contribution in [0.2, 0.25) is 0 Å². The van der Waals surface area contributed by atoms with Gasteiger partial charge < -0.3 is 19.8 Å². The van der Waals surface area contributed by atoms with Crippen LogP contribution in [-0.4, -0.2) is 11.9 Å². The van der Waals surface area contributed by atoms with E-state index >= 15 is 0 Å². The second-order valence-corrected chi connectivity index (χ2v) is 3.95. The molecule has 0 spiro atoms. The normalized spacial score (nSPS) is 9.95. The van der Waals surface area contributed by atoms with E-state index in [1.165, 1.54) is 12.1 Å². The summed E-state index contributed by atoms with van der Waals surface area (Å²) in [6, 6.07) is 7.84. The van der Waals surface area contributed by atoms with Crippen LogP contribution < -0.4 is 58.6 Å². The Bertz CT molecular complexity index is 394. The summed E-state index contributed by atoms with van der Waals surface area (Å²) in [4.78, 5) is 22.5. The fourth-order valence-electron chi connectivity index (χ4n) is 1.83. The minimum atomic E-state index is -2.04. The zero-order valence-electron chi connectivity index (χ0n) is 11.6. The first kappa shape index (κ1) is 21.1. The van der Waals surface area contributed by atoms with E-state index < -0.39 is 17.4 Å². The smallest absolute Gasteiger partial charge is 0.549 e. The molecule has 1 aromatic carbocycles. The molecule has 19 heavy (non-hydrogen) atoms. The summed E-state index contributed by atoms with van der Waals surface area (Å²) in [7, 11) is 0. The van der Waals surface area contributed by atoms with E-state index in [9.17, 15) is 19.8 Å². The van der Waals surface area contributed by atoms with Crippen LogP contribution in [-0.2, 0) is 15.0 Å². The van der Waals surface area contributed by atoms with Crippen molar-refractivity contribution in [2.24, 2.45) is 0 Å². The summed E-state index contributed by atoms with van der Waals surface area (Å²) in [6.07, 6.45) is 1.17. The summed E-state index contributed by atoms with van der Waals surface area (Å²) < 4.78 is 0. The van der Waals surface area contributed by atoms with Crippen LogP contribution in [0, 0.1) is 0 Å². The van der Waals surface area contributed by atoms with E-state index in [1.54, 1.807) is 18.2 Å². The van der Waals surface area contributed by atoms with E-state index in [4.69, 9.17) is 0 Å². The van der Waals surface area contributed by atoms with Gasteiger partial charge in [-0.2, -0.15) is 0 Å². The molecular formula is C13H14LiNaO4. The third kappa shape index (κ3) is 4.66. The van der Waals surface area contributed by atoms with Gasteiger partial charge in [0.2, 0.25) is 0 Å². The van der Waals surface area contributed by atoms with Gasteiger partial charge in [0, 0.05) is 0 Å². The van der Waals surface area contributed by atoms with Crippen LogP contribution in [0.5, 0.6) is 0 Å². The molecule has 0 aliphatic heterocycles. The third-order valence-electron chi connectivity index (χ3n) is 2.87. The number of carboxylic acid groups (broad SMARTS) is 2. The summed E-state index contributed by atoms with van der Waals surface area (Å²) in [5.74, 6) is -3.23. The quantitative estimate of drug-likeness (QED) is 0.378. The molecule has 0 radical (unpaired) electrons. The Morgan fingerprint density at radius 2 is 1.58 bits per heavy atom. The predicted octanol–water partition coefficient (Wildman–Crippen LogP) is -6.38. The van der Waals surface area contributed by atoms with E-state index in [1.807, 2.05) is 6.92 Å². The van der Waals surface area contributed by atoms with Crippen LogP contribution in [0.25, 0.3) is 0 Å². The number of hydrogen-bond donors (Lipinski definition) is 0. The predicted molar refractivity (Wildman–Crippen MR) is 57.7 cm³/mol. The molecule has 0 N–H and O–H groups in total. The molecule has 0 aliphatic rings. The van der Waals surface area contributed by atoms with Crippen molar-refractivity contribution in [1.29, 1.82) is 0 Å². The van der Waals surface area contributed by atoms with Crippen molar-refractivity contribution in [1.82, 2.24) is 0 Å². The van der Waals surface area contributed by atoms with Gasteiger partial charge in [-0.15, -0.1) is 0 Å². The van der Waals surface area contributed by atoms with Gasteiger partial charge in [-0.25, -0.2) is 0 Å². The number of hydrogen-bond acceptors (Lipinski definition) is 4. The van der Waals surface area contributed by atoms with Crippen LogP contribution in [0.1, 0.15) is 31.7 Å². The van der Waals surface area contributed by atoms with Crippen molar-refractivity contribution in [2.45, 2.75) is 31.6 Å². The summed E-state index contributed by atoms with van der Waals surface area (Å²) in [5.41, 5.74) is -1.84. The van der Waals surface area contributed by atoms with Crippen molar-refractivity contribution >= 4 is 11.9 Å². The SMILES string of the molecule is CCCCC(C(=O)[O-])(C(=O)[O-])c1ccccc1.[Li+].[Na+]. The topological polar surface area (TPSA) is 80.3 Å². The molecule has 4 nitrogen and oxygen atoms in total. The van der Waals surface area contributed by atoms with Crippen molar-refractivity contribution in [3.05, 3.63) is 35.9 Å². The average molecular weight is 264 g/mol. The molecule has 0 aromatic heterocycles. The molecule has 0 atom stereocenters. The minimum absolute atomic E-state index is 0. The molecule has 92 valence electrons. The second-order valence-electron chi connectivity index (χ2n) is 3.95. The molecule has 1 rings (SSSR count). The van der Waals surface area contributed by atoms with Gasteiger partial charge in [-0.1, -0.05) is 50.1 Å². The maximum atomic E-state index is 11.2. The number of carbonyl (C=O) groups is 2.